The summed E-state index contributed by atoms with van der Waals surface area (Å²) in [6.07, 6.45) is 2.60. The Hall–Kier alpha value is -1.20. The maximum Gasteiger partial charge on any atom is 0.498 e. The quantitative estimate of drug-likeness (QED) is 0.781. The van der Waals surface area contributed by atoms with Gasteiger partial charge in [-0.15, -0.1) is 0 Å². The Morgan fingerprint density at radius 3 is 2.22 bits per heavy atom. The SMILES string of the molecule is CC(C)Oc1c(OC2CC2)cccc1B1OC(C)(C)C(C)(C)O1. The van der Waals surface area contributed by atoms with Crippen LogP contribution in [0, 0.1) is 0 Å². The molecule has 3 rings (SSSR count). The average molecular weight is 318 g/mol. The van der Waals surface area contributed by atoms with Gasteiger partial charge in [-0.1, -0.05) is 12.1 Å². The van der Waals surface area contributed by atoms with E-state index in [1.807, 2.05) is 32.0 Å². The van der Waals surface area contributed by atoms with Gasteiger partial charge < -0.3 is 18.8 Å². The fraction of sp³-hybridized carbons (Fsp3) is 0.667. The number of ether oxygens (including phenoxy) is 2. The molecule has 0 N–H and O–H groups in total. The summed E-state index contributed by atoms with van der Waals surface area (Å²) < 4.78 is 24.5. The van der Waals surface area contributed by atoms with Crippen LogP contribution >= 0.6 is 0 Å². The van der Waals surface area contributed by atoms with Crippen molar-refractivity contribution in [3.05, 3.63) is 18.2 Å². The Morgan fingerprint density at radius 1 is 1.09 bits per heavy atom. The minimum Gasteiger partial charge on any atom is -0.487 e. The van der Waals surface area contributed by atoms with Crippen LogP contribution in [0.5, 0.6) is 11.5 Å². The lowest BCUT2D eigenvalue weighted by molar-refractivity contribution is 0.00578. The third kappa shape index (κ3) is 3.36. The zero-order valence-electron chi connectivity index (χ0n) is 15.0. The molecule has 5 heteroatoms. The Labute approximate surface area is 139 Å². The molecule has 0 bridgehead atoms. The maximum atomic E-state index is 6.19. The Kier molecular flexibility index (Phi) is 4.13. The normalized spacial score (nSPS) is 22.5. The zero-order chi connectivity index (χ0) is 16.8. The third-order valence-electron chi connectivity index (χ3n) is 4.69. The molecular weight excluding hydrogens is 291 g/mol. The summed E-state index contributed by atoms with van der Waals surface area (Å²) in [6.45, 7) is 12.3. The fourth-order valence-electron chi connectivity index (χ4n) is 2.51. The van der Waals surface area contributed by atoms with E-state index in [0.717, 1.165) is 29.8 Å². The van der Waals surface area contributed by atoms with Crippen molar-refractivity contribution in [2.24, 2.45) is 0 Å². The van der Waals surface area contributed by atoms with Gasteiger partial charge in [0.1, 0.15) is 0 Å². The number of rotatable bonds is 5. The molecule has 1 saturated heterocycles. The third-order valence-corrected chi connectivity index (χ3v) is 4.69. The Morgan fingerprint density at radius 2 is 1.70 bits per heavy atom. The molecular formula is C18H27BO4. The second-order valence-corrected chi connectivity index (χ2v) is 7.75. The maximum absolute atomic E-state index is 6.19. The summed E-state index contributed by atoms with van der Waals surface area (Å²) in [4.78, 5) is 0. The van der Waals surface area contributed by atoms with Crippen LogP contribution in [-0.2, 0) is 9.31 Å². The lowest BCUT2D eigenvalue weighted by atomic mass is 9.78. The molecule has 0 unspecified atom stereocenters. The molecule has 1 aromatic rings. The molecule has 1 aliphatic heterocycles. The molecule has 1 saturated carbocycles. The molecule has 126 valence electrons. The van der Waals surface area contributed by atoms with E-state index in [1.54, 1.807) is 0 Å². The molecule has 23 heavy (non-hydrogen) atoms. The van der Waals surface area contributed by atoms with E-state index < -0.39 is 7.12 Å². The van der Waals surface area contributed by atoms with Crippen LogP contribution in [0.2, 0.25) is 0 Å². The summed E-state index contributed by atoms with van der Waals surface area (Å²) in [5.41, 5.74) is 0.149. The van der Waals surface area contributed by atoms with E-state index in [9.17, 15) is 0 Å². The number of hydrogen-bond acceptors (Lipinski definition) is 4. The van der Waals surface area contributed by atoms with Gasteiger partial charge in [-0.05, 0) is 60.5 Å². The predicted molar refractivity (Wildman–Crippen MR) is 91.6 cm³/mol. The van der Waals surface area contributed by atoms with Crippen molar-refractivity contribution in [3.63, 3.8) is 0 Å². The molecule has 0 amide bonds. The van der Waals surface area contributed by atoms with Crippen molar-refractivity contribution in [3.8, 4) is 11.5 Å². The predicted octanol–water partition coefficient (Wildman–Crippen LogP) is 3.31. The van der Waals surface area contributed by atoms with Crippen molar-refractivity contribution in [2.75, 3.05) is 0 Å². The van der Waals surface area contributed by atoms with Gasteiger partial charge in [-0.25, -0.2) is 0 Å². The second kappa shape index (κ2) is 5.71. The number of para-hydroxylation sites is 1. The summed E-state index contributed by atoms with van der Waals surface area (Å²) in [7, 11) is -0.448. The lowest BCUT2D eigenvalue weighted by Gasteiger charge is -2.32. The van der Waals surface area contributed by atoms with Crippen molar-refractivity contribution >= 4 is 12.6 Å². The van der Waals surface area contributed by atoms with Gasteiger partial charge in [0.15, 0.2) is 11.5 Å². The molecule has 0 spiro atoms. The molecule has 2 fully saturated rings. The fourth-order valence-corrected chi connectivity index (χ4v) is 2.51. The minimum absolute atomic E-state index is 0.0557. The largest absolute Gasteiger partial charge is 0.498 e. The van der Waals surface area contributed by atoms with Crippen LogP contribution in [-0.4, -0.2) is 30.5 Å². The van der Waals surface area contributed by atoms with E-state index in [4.69, 9.17) is 18.8 Å². The highest BCUT2D eigenvalue weighted by atomic mass is 16.7. The summed E-state index contributed by atoms with van der Waals surface area (Å²) in [5, 5.41) is 0. The smallest absolute Gasteiger partial charge is 0.487 e. The van der Waals surface area contributed by atoms with Crippen LogP contribution in [0.25, 0.3) is 0 Å². The first-order valence-corrected chi connectivity index (χ1v) is 8.51. The highest BCUT2D eigenvalue weighted by Gasteiger charge is 2.52. The lowest BCUT2D eigenvalue weighted by Crippen LogP contribution is -2.41. The summed E-state index contributed by atoms with van der Waals surface area (Å²) >= 11 is 0. The van der Waals surface area contributed by atoms with Gasteiger partial charge in [-0.3, -0.25) is 0 Å². The van der Waals surface area contributed by atoms with Gasteiger partial charge in [0.05, 0.1) is 23.4 Å². The number of benzene rings is 1. The van der Waals surface area contributed by atoms with Crippen LogP contribution in [0.15, 0.2) is 18.2 Å². The van der Waals surface area contributed by atoms with E-state index in [0.29, 0.717) is 6.10 Å². The highest BCUT2D eigenvalue weighted by Crippen LogP contribution is 2.39. The van der Waals surface area contributed by atoms with Gasteiger partial charge in [-0.2, -0.15) is 0 Å². The summed E-state index contributed by atoms with van der Waals surface area (Å²) in [6, 6.07) is 5.94. The van der Waals surface area contributed by atoms with E-state index in [-0.39, 0.29) is 17.3 Å². The van der Waals surface area contributed by atoms with Crippen LogP contribution < -0.4 is 14.9 Å². The van der Waals surface area contributed by atoms with Crippen LogP contribution in [0.4, 0.5) is 0 Å². The molecule has 0 atom stereocenters. The van der Waals surface area contributed by atoms with E-state index in [2.05, 4.69) is 27.7 Å². The average Bonchev–Trinajstić information content (AvgIpc) is 3.19. The molecule has 0 aromatic heterocycles. The Bertz CT molecular complexity index is 562. The first-order chi connectivity index (χ1) is 10.7. The highest BCUT2D eigenvalue weighted by molar-refractivity contribution is 6.63. The van der Waals surface area contributed by atoms with Crippen molar-refractivity contribution in [2.45, 2.75) is 77.8 Å². The zero-order valence-corrected chi connectivity index (χ0v) is 15.0. The molecule has 1 aliphatic carbocycles. The van der Waals surface area contributed by atoms with E-state index >= 15 is 0 Å². The molecule has 1 heterocycles. The topological polar surface area (TPSA) is 36.9 Å². The van der Waals surface area contributed by atoms with Crippen LogP contribution in [0.3, 0.4) is 0 Å². The standard InChI is InChI=1S/C18H27BO4/c1-12(2)20-16-14(8-7-9-15(16)21-13-10-11-13)19-22-17(3,4)18(5,6)23-19/h7-9,12-13H,10-11H2,1-6H3. The molecule has 1 aromatic carbocycles. The van der Waals surface area contributed by atoms with Gasteiger partial charge in [0, 0.05) is 5.46 Å². The first-order valence-electron chi connectivity index (χ1n) is 8.51. The van der Waals surface area contributed by atoms with Crippen molar-refractivity contribution in [1.29, 1.82) is 0 Å². The van der Waals surface area contributed by atoms with E-state index in [1.165, 1.54) is 0 Å². The molecule has 2 aliphatic rings. The monoisotopic (exact) mass is 318 g/mol. The van der Waals surface area contributed by atoms with Crippen LogP contribution in [0.1, 0.15) is 54.4 Å². The Balaban J connectivity index is 1.94. The second-order valence-electron chi connectivity index (χ2n) is 7.75. The van der Waals surface area contributed by atoms with Crippen molar-refractivity contribution in [1.82, 2.24) is 0 Å². The first kappa shape index (κ1) is 16.7. The molecule has 4 nitrogen and oxygen atoms in total. The van der Waals surface area contributed by atoms with Crippen molar-refractivity contribution < 1.29 is 18.8 Å². The van der Waals surface area contributed by atoms with Gasteiger partial charge in [0.2, 0.25) is 0 Å². The summed E-state index contributed by atoms with van der Waals surface area (Å²) in [5.74, 6) is 1.53. The molecule has 0 radical (unpaired) electrons. The van der Waals surface area contributed by atoms with Gasteiger partial charge in [0.25, 0.3) is 0 Å². The van der Waals surface area contributed by atoms with Gasteiger partial charge >= 0.3 is 7.12 Å². The number of hydrogen-bond donors (Lipinski definition) is 0. The minimum atomic E-state index is -0.448.